The van der Waals surface area contributed by atoms with Gasteiger partial charge in [-0.15, -0.1) is 0 Å². The zero-order chi connectivity index (χ0) is 62.3. The maximum absolute atomic E-state index is 14.2. The van der Waals surface area contributed by atoms with E-state index in [1.54, 1.807) is 82.3 Å². The van der Waals surface area contributed by atoms with Crippen LogP contribution in [0.4, 0.5) is 8.78 Å². The fourth-order valence-electron chi connectivity index (χ4n) is 8.44. The summed E-state index contributed by atoms with van der Waals surface area (Å²) in [7, 11) is 0. The number of nitrogens with zero attached hydrogens (tertiary/aromatic N) is 6. The molecule has 2 heterocycles. The minimum absolute atomic E-state index is 0. The second-order valence-corrected chi connectivity index (χ2v) is 20.3. The van der Waals surface area contributed by atoms with E-state index in [1.807, 2.05) is 60.7 Å². The summed E-state index contributed by atoms with van der Waals surface area (Å²) >= 11 is 11.6. The van der Waals surface area contributed by atoms with Gasteiger partial charge in [0.25, 0.3) is 5.91 Å². The van der Waals surface area contributed by atoms with E-state index in [9.17, 15) is 42.3 Å². The molecule has 19 nitrogen and oxygen atoms in total. The monoisotopic (exact) mass is 1220 g/mol. The van der Waals surface area contributed by atoms with E-state index in [0.29, 0.717) is 46.2 Å². The number of benzene rings is 6. The molecule has 0 aliphatic rings. The average molecular weight is 1220 g/mol. The van der Waals surface area contributed by atoms with Gasteiger partial charge < -0.3 is 31.5 Å². The highest BCUT2D eigenvalue weighted by Gasteiger charge is 2.26. The van der Waals surface area contributed by atoms with Gasteiger partial charge in [0.15, 0.2) is 11.6 Å². The normalized spacial score (nSPS) is 10.4. The van der Waals surface area contributed by atoms with Crippen LogP contribution in [0.2, 0.25) is 10.0 Å². The summed E-state index contributed by atoms with van der Waals surface area (Å²) in [6.45, 7) is 9.95. The van der Waals surface area contributed by atoms with Crippen LogP contribution in [0.25, 0.3) is 21.8 Å². The van der Waals surface area contributed by atoms with Gasteiger partial charge in [-0.05, 0) is 75.2 Å². The van der Waals surface area contributed by atoms with Gasteiger partial charge in [-0.2, -0.15) is 19.8 Å². The third-order valence-corrected chi connectivity index (χ3v) is 13.4. The first-order valence-electron chi connectivity index (χ1n) is 26.6. The number of carbonyl (C=O) groups is 7. The maximum Gasteiger partial charge on any atom is 0.373 e. The Labute approximate surface area is 506 Å². The fourth-order valence-corrected chi connectivity index (χ4v) is 8.83. The molecule has 0 saturated carbocycles. The quantitative estimate of drug-likeness (QED) is 0.0521. The fraction of sp³-hybridized carbons (Fsp3) is 0.270. The largest absolute Gasteiger partial charge is 0.373 e. The number of carbonyl (C=O) groups excluding carboxylic acids is 9. The molecule has 2 aromatic heterocycles. The number of halogens is 4. The Morgan fingerprint density at radius 1 is 0.558 bits per heavy atom. The summed E-state index contributed by atoms with van der Waals surface area (Å²) in [6.07, 6.45) is 0.250. The van der Waals surface area contributed by atoms with Gasteiger partial charge in [0.2, 0.25) is 23.6 Å². The van der Waals surface area contributed by atoms with Crippen molar-refractivity contribution in [2.75, 3.05) is 13.1 Å². The topological polar surface area (TPSA) is 258 Å². The molecule has 0 saturated heterocycles. The van der Waals surface area contributed by atoms with Gasteiger partial charge in [0, 0.05) is 79.6 Å². The summed E-state index contributed by atoms with van der Waals surface area (Å²) in [4.78, 5) is 108. The van der Waals surface area contributed by atoms with Crippen LogP contribution in [-0.4, -0.2) is 102 Å². The molecule has 0 atom stereocenters. The molecule has 8 aromatic rings. The van der Waals surface area contributed by atoms with Crippen molar-refractivity contribution in [2.24, 2.45) is 5.73 Å². The Hall–Kier alpha value is -9.27. The van der Waals surface area contributed by atoms with Gasteiger partial charge in [0.05, 0.1) is 34.2 Å². The number of fused-ring (bicyclic) bond motifs is 2. The molecule has 0 radical (unpaired) electrons. The lowest BCUT2D eigenvalue weighted by Gasteiger charge is -2.26. The van der Waals surface area contributed by atoms with Crippen LogP contribution < -0.4 is 21.7 Å². The highest BCUT2D eigenvalue weighted by Crippen LogP contribution is 2.24. The van der Waals surface area contributed by atoms with Crippen molar-refractivity contribution < 1.29 is 51.9 Å². The minimum atomic E-state index is -0.611. The molecular weight excluding hydrogens is 1150 g/mol. The number of Topliss-reactive ketones (excluding diaryl/α,β-unsaturated/α-hetero) is 2. The SMILES string of the molecule is C.CC(=O)c1nn(CC(=O)N(CC(=O)NCc2cccc(Cl)c2F)C(C)C)c2ccc(C(=O)NCc3ccccc3)cc12.CC(=O)c1nn(CC(=O)N(CC(=O)NCc2cccc(Cl)c2F)C(C)C)c2ccccc12.NCc1ccccc1.O=C=O. The van der Waals surface area contributed by atoms with Gasteiger partial charge in [-0.1, -0.05) is 134 Å². The highest BCUT2D eigenvalue weighted by atomic mass is 35.5. The van der Waals surface area contributed by atoms with Gasteiger partial charge >= 0.3 is 6.15 Å². The van der Waals surface area contributed by atoms with Gasteiger partial charge in [-0.25, -0.2) is 8.78 Å². The average Bonchev–Trinajstić information content (AvgIpc) is 3.69. The van der Waals surface area contributed by atoms with E-state index in [2.05, 4.69) is 26.1 Å². The molecule has 0 fully saturated rings. The number of para-hydroxylation sites is 1. The molecule has 0 aliphatic carbocycles. The first kappa shape index (κ1) is 69.2. The van der Waals surface area contributed by atoms with Crippen molar-refractivity contribution in [3.8, 4) is 0 Å². The molecular formula is C63H68Cl2F2N10O9. The van der Waals surface area contributed by atoms with E-state index in [-0.39, 0.29) is 115 Å². The third-order valence-electron chi connectivity index (χ3n) is 12.8. The Bertz CT molecular complexity index is 3690. The molecule has 8 rings (SSSR count). The Morgan fingerprint density at radius 3 is 1.41 bits per heavy atom. The third kappa shape index (κ3) is 19.7. The van der Waals surface area contributed by atoms with E-state index in [1.165, 1.54) is 62.8 Å². The standard InChI is InChI=1S/C31H31ClFN5O4.C23H24ClFN4O3.C7H9N.CO2.CH4/c1-19(2)37(17-27(40)34-16-23-10-7-11-25(32)29(23)33)28(41)18-38-26-13-12-22(14-24(26)30(36-38)20(3)39)31(42)35-15-21-8-5-4-6-9-21;1-14(2)28(12-20(31)26-11-16-7-6-9-18(24)22(16)25)21(32)13-29-19-10-5-4-8-17(19)23(27-29)15(3)30;8-6-7-4-2-1-3-5-7;2-1-3;/h4-14,19H,15-18H2,1-3H3,(H,34,40)(H,35,42);4-10,14H,11-13H2,1-3H3,(H,26,31);1-5H,6,8H2;;1H4. The molecule has 0 spiro atoms. The molecule has 86 heavy (non-hydrogen) atoms. The predicted octanol–water partition coefficient (Wildman–Crippen LogP) is 9.30. The van der Waals surface area contributed by atoms with Crippen molar-refractivity contribution in [3.63, 3.8) is 0 Å². The van der Waals surface area contributed by atoms with Crippen molar-refractivity contribution >= 4 is 92.3 Å². The molecule has 6 aromatic carbocycles. The summed E-state index contributed by atoms with van der Waals surface area (Å²) in [5.41, 5.74) is 9.91. The van der Waals surface area contributed by atoms with Crippen LogP contribution in [0.1, 0.15) is 103 Å². The summed E-state index contributed by atoms with van der Waals surface area (Å²) < 4.78 is 31.1. The second kappa shape index (κ2) is 33.9. The van der Waals surface area contributed by atoms with Crippen LogP contribution >= 0.6 is 23.2 Å². The van der Waals surface area contributed by atoms with Crippen molar-refractivity contribution in [1.82, 2.24) is 45.3 Å². The summed E-state index contributed by atoms with van der Waals surface area (Å²) in [5, 5.41) is 17.8. The van der Waals surface area contributed by atoms with Crippen molar-refractivity contribution in [1.29, 1.82) is 0 Å². The second-order valence-electron chi connectivity index (χ2n) is 19.5. The molecule has 23 heteroatoms. The van der Waals surface area contributed by atoms with Crippen molar-refractivity contribution in [2.45, 2.75) is 100 Å². The van der Waals surface area contributed by atoms with Crippen LogP contribution in [0.3, 0.4) is 0 Å². The number of nitrogens with one attached hydrogen (secondary N) is 3. The zero-order valence-electron chi connectivity index (χ0n) is 47.5. The van der Waals surface area contributed by atoms with Crippen molar-refractivity contribution in [3.05, 3.63) is 200 Å². The van der Waals surface area contributed by atoms with Gasteiger partial charge in [0.1, 0.15) is 36.1 Å². The molecule has 0 unspecified atom stereocenters. The molecule has 0 aliphatic heterocycles. The van der Waals surface area contributed by atoms with E-state index in [4.69, 9.17) is 38.5 Å². The maximum atomic E-state index is 14.2. The number of aromatic nitrogens is 4. The number of hydrogen-bond donors (Lipinski definition) is 4. The predicted molar refractivity (Wildman–Crippen MR) is 323 cm³/mol. The zero-order valence-corrected chi connectivity index (χ0v) is 49.0. The lowest BCUT2D eigenvalue weighted by molar-refractivity contribution is -0.191. The van der Waals surface area contributed by atoms with Crippen LogP contribution in [0.5, 0.6) is 0 Å². The number of ketones is 2. The Kier molecular flexibility index (Phi) is 27.3. The summed E-state index contributed by atoms with van der Waals surface area (Å²) in [6, 6.07) is 40.0. The number of hydrogen-bond acceptors (Lipinski definition) is 12. The first-order valence-corrected chi connectivity index (χ1v) is 27.4. The van der Waals surface area contributed by atoms with E-state index < -0.39 is 29.4 Å². The van der Waals surface area contributed by atoms with E-state index in [0.717, 1.165) is 5.56 Å². The van der Waals surface area contributed by atoms with Gasteiger partial charge in [-0.3, -0.25) is 42.9 Å². The molecule has 5 amide bonds. The summed E-state index contributed by atoms with van der Waals surface area (Å²) in [5.74, 6) is -3.65. The first-order chi connectivity index (χ1) is 40.6. The number of nitrogens with two attached hydrogens (primary N) is 1. The lowest BCUT2D eigenvalue weighted by Crippen LogP contribution is -2.45. The van der Waals surface area contributed by atoms with Crippen LogP contribution in [0, 0.1) is 11.6 Å². The molecule has 0 bridgehead atoms. The van der Waals surface area contributed by atoms with E-state index >= 15 is 0 Å². The number of rotatable bonds is 20. The Morgan fingerprint density at radius 2 is 0.977 bits per heavy atom. The molecule has 5 N–H and O–H groups in total. The minimum Gasteiger partial charge on any atom is -0.350 e. The van der Waals surface area contributed by atoms with Crippen LogP contribution in [0.15, 0.2) is 140 Å². The highest BCUT2D eigenvalue weighted by molar-refractivity contribution is 6.31. The Balaban J connectivity index is 0.000000317. The lowest BCUT2D eigenvalue weighted by atomic mass is 10.1. The molecule has 452 valence electrons. The van der Waals surface area contributed by atoms with Crippen LogP contribution in [-0.2, 0) is 68.0 Å². The number of amides is 5. The smallest absolute Gasteiger partial charge is 0.350 e.